The molecule has 0 amide bonds. The molecule has 1 unspecified atom stereocenters. The minimum atomic E-state index is -0.554. The van der Waals surface area contributed by atoms with Gasteiger partial charge in [0, 0.05) is 57.6 Å². The molecule has 1 aliphatic heterocycles. The molecule has 3 N–H and O–H groups in total. The zero-order valence-corrected chi connectivity index (χ0v) is 13.0. The Morgan fingerprint density at radius 2 is 1.86 bits per heavy atom. The summed E-state index contributed by atoms with van der Waals surface area (Å²) < 4.78 is 1.74. The number of β-amino-alcohol motifs (C(OH)–C–C–N with tert-alkyl or cyclic N) is 1. The van der Waals surface area contributed by atoms with E-state index in [4.69, 9.17) is 5.11 Å². The fraction of sp³-hybridized carbons (Fsp3) is 0.667. The van der Waals surface area contributed by atoms with Crippen molar-refractivity contribution in [1.29, 1.82) is 0 Å². The van der Waals surface area contributed by atoms with E-state index >= 15 is 0 Å². The van der Waals surface area contributed by atoms with Crippen molar-refractivity contribution in [2.45, 2.75) is 26.1 Å². The van der Waals surface area contributed by atoms with Gasteiger partial charge in [-0.05, 0) is 6.92 Å². The summed E-state index contributed by atoms with van der Waals surface area (Å²) in [5, 5.41) is 28.1. The van der Waals surface area contributed by atoms with Crippen LogP contribution in [0.1, 0.15) is 12.6 Å². The predicted octanol–water partition coefficient (Wildman–Crippen LogP) is -0.955. The Kier molecular flexibility index (Phi) is 5.96. The summed E-state index contributed by atoms with van der Waals surface area (Å²) in [4.78, 5) is 16.1. The molecule has 124 valence electrons. The molecule has 0 radical (unpaired) electrons. The zero-order valence-electron chi connectivity index (χ0n) is 13.0. The highest BCUT2D eigenvalue weighted by atomic mass is 16.3. The van der Waals surface area contributed by atoms with Crippen molar-refractivity contribution < 1.29 is 15.3 Å². The van der Waals surface area contributed by atoms with Gasteiger partial charge in [-0.25, -0.2) is 0 Å². The second-order valence-electron chi connectivity index (χ2n) is 5.86. The smallest absolute Gasteiger partial charge is 0.223 e. The predicted molar refractivity (Wildman–Crippen MR) is 82.9 cm³/mol. The first-order valence-corrected chi connectivity index (χ1v) is 7.65. The van der Waals surface area contributed by atoms with Crippen LogP contribution in [0.15, 0.2) is 17.1 Å². The number of rotatable bonds is 6. The molecule has 7 heteroatoms. The van der Waals surface area contributed by atoms with Crippen molar-refractivity contribution in [3.8, 4) is 5.75 Å². The number of hydrogen-bond donors (Lipinski definition) is 3. The van der Waals surface area contributed by atoms with E-state index in [9.17, 15) is 15.0 Å². The molecule has 1 fully saturated rings. The number of pyridine rings is 1. The lowest BCUT2D eigenvalue weighted by Crippen LogP contribution is -2.47. The minimum Gasteiger partial charge on any atom is -0.503 e. The number of aliphatic hydroxyl groups excluding tert-OH is 2. The average molecular weight is 311 g/mol. The monoisotopic (exact) mass is 311 g/mol. The highest BCUT2D eigenvalue weighted by Gasteiger charge is 2.18. The van der Waals surface area contributed by atoms with Gasteiger partial charge < -0.3 is 19.9 Å². The van der Waals surface area contributed by atoms with Crippen molar-refractivity contribution in [3.05, 3.63) is 28.2 Å². The Labute approximate surface area is 130 Å². The van der Waals surface area contributed by atoms with Crippen LogP contribution in [0.5, 0.6) is 5.75 Å². The van der Waals surface area contributed by atoms with Crippen LogP contribution in [0.3, 0.4) is 0 Å². The summed E-state index contributed by atoms with van der Waals surface area (Å²) >= 11 is 0. The van der Waals surface area contributed by atoms with Gasteiger partial charge in [0.1, 0.15) is 0 Å². The van der Waals surface area contributed by atoms with Crippen LogP contribution in [0.25, 0.3) is 0 Å². The van der Waals surface area contributed by atoms with E-state index in [0.717, 1.165) is 31.9 Å². The van der Waals surface area contributed by atoms with Gasteiger partial charge in [0.25, 0.3) is 0 Å². The lowest BCUT2D eigenvalue weighted by Gasteiger charge is -2.34. The lowest BCUT2D eigenvalue weighted by molar-refractivity contribution is 0.105. The highest BCUT2D eigenvalue weighted by Crippen LogP contribution is 2.11. The maximum atomic E-state index is 11.7. The summed E-state index contributed by atoms with van der Waals surface area (Å²) in [5.74, 6) is -0.294. The second kappa shape index (κ2) is 7.73. The fourth-order valence-corrected chi connectivity index (χ4v) is 2.73. The van der Waals surface area contributed by atoms with Crippen LogP contribution >= 0.6 is 0 Å². The zero-order chi connectivity index (χ0) is 16.1. The van der Waals surface area contributed by atoms with E-state index in [1.807, 2.05) is 0 Å². The summed E-state index contributed by atoms with van der Waals surface area (Å²) in [5.41, 5.74) is 0.398. The molecule has 1 aromatic rings. The van der Waals surface area contributed by atoms with Crippen molar-refractivity contribution in [2.75, 3.05) is 39.3 Å². The van der Waals surface area contributed by atoms with Crippen molar-refractivity contribution in [1.82, 2.24) is 14.4 Å². The summed E-state index contributed by atoms with van der Waals surface area (Å²) in [6, 6.07) is 1.44. The third kappa shape index (κ3) is 4.54. The Morgan fingerprint density at radius 3 is 2.45 bits per heavy atom. The number of nitrogens with zero attached hydrogens (tertiary/aromatic N) is 3. The normalized spacial score (nSPS) is 18.5. The molecule has 22 heavy (non-hydrogen) atoms. The molecule has 0 spiro atoms. The quantitative estimate of drug-likeness (QED) is 0.627. The third-order valence-electron chi connectivity index (χ3n) is 3.92. The first-order chi connectivity index (χ1) is 10.5. The number of piperazine rings is 1. The molecule has 1 aliphatic rings. The lowest BCUT2D eigenvalue weighted by atomic mass is 10.2. The van der Waals surface area contributed by atoms with Crippen LogP contribution in [0, 0.1) is 0 Å². The molecular weight excluding hydrogens is 286 g/mol. The molecule has 1 atom stereocenters. The van der Waals surface area contributed by atoms with Gasteiger partial charge in [0.05, 0.1) is 18.9 Å². The highest BCUT2D eigenvalue weighted by molar-refractivity contribution is 5.20. The van der Waals surface area contributed by atoms with Gasteiger partial charge in [-0.3, -0.25) is 14.6 Å². The maximum absolute atomic E-state index is 11.7. The molecule has 0 aliphatic carbocycles. The van der Waals surface area contributed by atoms with Crippen LogP contribution in [0.4, 0.5) is 0 Å². The average Bonchev–Trinajstić information content (AvgIpc) is 2.46. The third-order valence-corrected chi connectivity index (χ3v) is 3.92. The van der Waals surface area contributed by atoms with E-state index < -0.39 is 11.5 Å². The molecule has 0 bridgehead atoms. The largest absolute Gasteiger partial charge is 0.503 e. The van der Waals surface area contributed by atoms with Crippen LogP contribution in [-0.2, 0) is 13.1 Å². The number of hydrogen-bond acceptors (Lipinski definition) is 6. The van der Waals surface area contributed by atoms with Crippen LogP contribution < -0.4 is 5.43 Å². The molecule has 1 saturated heterocycles. The molecule has 0 saturated carbocycles. The first-order valence-electron chi connectivity index (χ1n) is 7.65. The number of aromatic nitrogens is 1. The Hall–Kier alpha value is -1.41. The molecule has 0 aromatic carbocycles. The van der Waals surface area contributed by atoms with E-state index in [-0.39, 0.29) is 12.4 Å². The standard InChI is InChI=1S/C15H25N3O4/c1-12(20)9-18-11-15(22)14(21)8-13(18)10-17-4-2-16(3-5-17)6-7-19/h8,11-12,19-20,22H,2-7,9-10H2,1H3. The Balaban J connectivity index is 2.06. The molecule has 2 rings (SSSR count). The van der Waals surface area contributed by atoms with E-state index in [1.165, 1.54) is 12.3 Å². The van der Waals surface area contributed by atoms with Gasteiger partial charge in [-0.1, -0.05) is 0 Å². The summed E-state index contributed by atoms with van der Waals surface area (Å²) in [7, 11) is 0. The van der Waals surface area contributed by atoms with Gasteiger partial charge >= 0.3 is 0 Å². The Morgan fingerprint density at radius 1 is 1.23 bits per heavy atom. The SMILES string of the molecule is CC(O)Cn1cc(O)c(=O)cc1CN1CCN(CCO)CC1. The van der Waals surface area contributed by atoms with Crippen molar-refractivity contribution >= 4 is 0 Å². The van der Waals surface area contributed by atoms with Gasteiger partial charge in [0.15, 0.2) is 5.75 Å². The Bertz CT molecular complexity index is 536. The van der Waals surface area contributed by atoms with Gasteiger partial charge in [-0.15, -0.1) is 0 Å². The van der Waals surface area contributed by atoms with Crippen LogP contribution in [0.2, 0.25) is 0 Å². The summed E-state index contributed by atoms with van der Waals surface area (Å²) in [6.07, 6.45) is 0.842. The number of aliphatic hydroxyl groups is 2. The van der Waals surface area contributed by atoms with E-state index in [1.54, 1.807) is 11.5 Å². The maximum Gasteiger partial charge on any atom is 0.223 e. The topological polar surface area (TPSA) is 89.2 Å². The second-order valence-corrected chi connectivity index (χ2v) is 5.86. The molecule has 7 nitrogen and oxygen atoms in total. The first kappa shape index (κ1) is 17.0. The summed E-state index contributed by atoms with van der Waals surface area (Å²) in [6.45, 7) is 6.99. The molecule has 1 aromatic heterocycles. The van der Waals surface area contributed by atoms with Crippen LogP contribution in [-0.4, -0.2) is 75.1 Å². The molecule has 2 heterocycles. The van der Waals surface area contributed by atoms with Crippen molar-refractivity contribution in [2.24, 2.45) is 0 Å². The van der Waals surface area contributed by atoms with Gasteiger partial charge in [0.2, 0.25) is 5.43 Å². The van der Waals surface area contributed by atoms with Crippen molar-refractivity contribution in [3.63, 3.8) is 0 Å². The minimum absolute atomic E-state index is 0.173. The molecular formula is C15H25N3O4. The van der Waals surface area contributed by atoms with E-state index in [2.05, 4.69) is 9.80 Å². The van der Waals surface area contributed by atoms with E-state index in [0.29, 0.717) is 19.6 Å². The fourth-order valence-electron chi connectivity index (χ4n) is 2.73. The number of aromatic hydroxyl groups is 1. The van der Waals surface area contributed by atoms with Gasteiger partial charge in [-0.2, -0.15) is 0 Å².